The molecule has 1 heteroatoms. The maximum absolute atomic E-state index is 2.41. The molecule has 0 aliphatic rings. The third-order valence-corrected chi connectivity index (χ3v) is 3.53. The molecule has 0 atom stereocenters. The van der Waals surface area contributed by atoms with E-state index in [4.69, 9.17) is 0 Å². The molecule has 0 radical (unpaired) electrons. The van der Waals surface area contributed by atoms with Crippen molar-refractivity contribution in [3.63, 3.8) is 0 Å². The summed E-state index contributed by atoms with van der Waals surface area (Å²) in [6.07, 6.45) is 0. The van der Waals surface area contributed by atoms with Gasteiger partial charge in [-0.25, -0.2) is 0 Å². The van der Waals surface area contributed by atoms with E-state index in [9.17, 15) is 0 Å². The Labute approximate surface area is 94.9 Å². The van der Waals surface area contributed by atoms with Gasteiger partial charge in [-0.2, -0.15) is 0 Å². The minimum atomic E-state index is 0.259. The summed E-state index contributed by atoms with van der Waals surface area (Å²) in [7, 11) is 0. The van der Waals surface area contributed by atoms with Crippen LogP contribution in [0.5, 0.6) is 0 Å². The number of hydrogen-bond acceptors (Lipinski definition) is 0. The molecule has 0 amide bonds. The van der Waals surface area contributed by atoms with Crippen LogP contribution in [-0.4, -0.2) is 0 Å². The van der Waals surface area contributed by atoms with Gasteiger partial charge in [-0.1, -0.05) is 26.8 Å². The van der Waals surface area contributed by atoms with Gasteiger partial charge in [0.1, 0.15) is 0 Å². The summed E-state index contributed by atoms with van der Waals surface area (Å²) in [4.78, 5) is 0. The number of aryl methyl sites for hydroxylation is 1. The SMILES string of the molecule is Cc1ccc(I)c(C)c1C(C)(C)C. The Hall–Kier alpha value is -0.0500. The molecule has 0 unspecified atom stereocenters. The number of benzene rings is 1. The normalized spacial score (nSPS) is 11.8. The lowest BCUT2D eigenvalue weighted by atomic mass is 9.81. The summed E-state index contributed by atoms with van der Waals surface area (Å²) in [6.45, 7) is 11.2. The largest absolute Gasteiger partial charge is 0.0580 e. The van der Waals surface area contributed by atoms with Gasteiger partial charge in [-0.05, 0) is 64.6 Å². The van der Waals surface area contributed by atoms with Gasteiger partial charge in [0.25, 0.3) is 0 Å². The van der Waals surface area contributed by atoms with E-state index in [1.807, 2.05) is 0 Å². The first-order valence-corrected chi connectivity index (χ1v) is 5.68. The van der Waals surface area contributed by atoms with Crippen molar-refractivity contribution in [2.24, 2.45) is 0 Å². The van der Waals surface area contributed by atoms with Gasteiger partial charge in [-0.15, -0.1) is 0 Å². The van der Waals surface area contributed by atoms with Gasteiger partial charge < -0.3 is 0 Å². The second kappa shape index (κ2) is 3.60. The summed E-state index contributed by atoms with van der Waals surface area (Å²) in [5.41, 5.74) is 4.60. The molecule has 0 aliphatic carbocycles. The highest BCUT2D eigenvalue weighted by Crippen LogP contribution is 2.30. The monoisotopic (exact) mass is 288 g/mol. The lowest BCUT2D eigenvalue weighted by molar-refractivity contribution is 0.581. The minimum absolute atomic E-state index is 0.259. The highest BCUT2D eigenvalue weighted by atomic mass is 127. The van der Waals surface area contributed by atoms with E-state index in [-0.39, 0.29) is 5.41 Å². The Morgan fingerprint density at radius 2 is 1.62 bits per heavy atom. The topological polar surface area (TPSA) is 0 Å². The molecule has 0 fully saturated rings. The molecule has 1 rings (SSSR count). The van der Waals surface area contributed by atoms with Crippen molar-refractivity contribution >= 4 is 22.6 Å². The van der Waals surface area contributed by atoms with Crippen LogP contribution in [-0.2, 0) is 5.41 Å². The molecule has 1 aromatic carbocycles. The van der Waals surface area contributed by atoms with E-state index in [1.165, 1.54) is 20.3 Å². The van der Waals surface area contributed by atoms with E-state index < -0.39 is 0 Å². The Morgan fingerprint density at radius 3 is 2.00 bits per heavy atom. The van der Waals surface area contributed by atoms with Crippen LogP contribution < -0.4 is 0 Å². The van der Waals surface area contributed by atoms with Crippen LogP contribution in [0.3, 0.4) is 0 Å². The molecular formula is C12H17I. The average Bonchev–Trinajstić information content (AvgIpc) is 1.95. The van der Waals surface area contributed by atoms with Crippen LogP contribution in [0.1, 0.15) is 37.5 Å². The first kappa shape index (κ1) is 11.0. The van der Waals surface area contributed by atoms with Gasteiger partial charge in [0.15, 0.2) is 0 Å². The van der Waals surface area contributed by atoms with Crippen LogP contribution in [0, 0.1) is 17.4 Å². The molecule has 0 aromatic heterocycles. The molecule has 72 valence electrons. The predicted molar refractivity (Wildman–Crippen MR) is 67.3 cm³/mol. The van der Waals surface area contributed by atoms with Crippen LogP contribution >= 0.6 is 22.6 Å². The van der Waals surface area contributed by atoms with Gasteiger partial charge in [0.2, 0.25) is 0 Å². The van der Waals surface area contributed by atoms with E-state index in [1.54, 1.807) is 0 Å². The van der Waals surface area contributed by atoms with Gasteiger partial charge in [-0.3, -0.25) is 0 Å². The lowest BCUT2D eigenvalue weighted by Crippen LogP contribution is -2.15. The van der Waals surface area contributed by atoms with Crippen LogP contribution in [0.15, 0.2) is 12.1 Å². The standard InChI is InChI=1S/C12H17I/c1-8-6-7-10(13)9(2)11(8)12(3,4)5/h6-7H,1-5H3. The molecule has 13 heavy (non-hydrogen) atoms. The Kier molecular flexibility index (Phi) is 3.05. The third-order valence-electron chi connectivity index (χ3n) is 2.36. The van der Waals surface area contributed by atoms with Crippen molar-refractivity contribution in [3.8, 4) is 0 Å². The molecular weight excluding hydrogens is 271 g/mol. The Bertz CT molecular complexity index is 319. The molecule has 0 spiro atoms. The average molecular weight is 288 g/mol. The second-order valence-electron chi connectivity index (χ2n) is 4.61. The Balaban J connectivity index is 3.43. The highest BCUT2D eigenvalue weighted by Gasteiger charge is 2.19. The summed E-state index contributed by atoms with van der Waals surface area (Å²) < 4.78 is 1.37. The number of rotatable bonds is 0. The summed E-state index contributed by atoms with van der Waals surface area (Å²) in [6, 6.07) is 4.41. The molecule has 0 aliphatic heterocycles. The molecule has 0 saturated heterocycles. The van der Waals surface area contributed by atoms with Crippen molar-refractivity contribution in [1.82, 2.24) is 0 Å². The molecule has 0 nitrogen and oxygen atoms in total. The zero-order valence-electron chi connectivity index (χ0n) is 9.03. The molecule has 0 saturated carbocycles. The van der Waals surface area contributed by atoms with Crippen LogP contribution in [0.2, 0.25) is 0 Å². The van der Waals surface area contributed by atoms with Crippen molar-refractivity contribution in [3.05, 3.63) is 32.4 Å². The maximum atomic E-state index is 2.41. The zero-order valence-corrected chi connectivity index (χ0v) is 11.2. The van der Waals surface area contributed by atoms with Crippen LogP contribution in [0.25, 0.3) is 0 Å². The fourth-order valence-corrected chi connectivity index (χ4v) is 2.43. The molecule has 0 heterocycles. The van der Waals surface area contributed by atoms with Gasteiger partial charge in [0, 0.05) is 3.57 Å². The number of hydrogen-bond donors (Lipinski definition) is 0. The summed E-state index contributed by atoms with van der Waals surface area (Å²) in [5.74, 6) is 0. The highest BCUT2D eigenvalue weighted by molar-refractivity contribution is 14.1. The van der Waals surface area contributed by atoms with E-state index in [2.05, 4.69) is 69.3 Å². The Morgan fingerprint density at radius 1 is 1.08 bits per heavy atom. The van der Waals surface area contributed by atoms with Crippen molar-refractivity contribution in [2.75, 3.05) is 0 Å². The van der Waals surface area contributed by atoms with E-state index >= 15 is 0 Å². The molecule has 0 bridgehead atoms. The predicted octanol–water partition coefficient (Wildman–Crippen LogP) is 4.21. The van der Waals surface area contributed by atoms with Gasteiger partial charge in [0.05, 0.1) is 0 Å². The van der Waals surface area contributed by atoms with E-state index in [0.29, 0.717) is 0 Å². The maximum Gasteiger partial charge on any atom is 0.0162 e. The van der Waals surface area contributed by atoms with Crippen molar-refractivity contribution in [2.45, 2.75) is 40.0 Å². The fourth-order valence-electron chi connectivity index (χ4n) is 1.98. The number of halogens is 1. The zero-order chi connectivity index (χ0) is 10.2. The van der Waals surface area contributed by atoms with Crippen molar-refractivity contribution in [1.29, 1.82) is 0 Å². The summed E-state index contributed by atoms with van der Waals surface area (Å²) in [5, 5.41) is 0. The summed E-state index contributed by atoms with van der Waals surface area (Å²) >= 11 is 2.41. The first-order chi connectivity index (χ1) is 5.84. The van der Waals surface area contributed by atoms with Gasteiger partial charge >= 0.3 is 0 Å². The first-order valence-electron chi connectivity index (χ1n) is 4.60. The third kappa shape index (κ3) is 2.25. The van der Waals surface area contributed by atoms with Crippen molar-refractivity contribution < 1.29 is 0 Å². The fraction of sp³-hybridized carbons (Fsp3) is 0.500. The smallest absolute Gasteiger partial charge is 0.0162 e. The second-order valence-corrected chi connectivity index (χ2v) is 5.78. The minimum Gasteiger partial charge on any atom is -0.0580 e. The van der Waals surface area contributed by atoms with E-state index in [0.717, 1.165) is 0 Å². The van der Waals surface area contributed by atoms with Crippen LogP contribution in [0.4, 0.5) is 0 Å². The quantitative estimate of drug-likeness (QED) is 0.627. The molecule has 0 N–H and O–H groups in total. The lowest BCUT2D eigenvalue weighted by Gasteiger charge is -2.24. The molecule has 1 aromatic rings.